The van der Waals surface area contributed by atoms with Crippen LogP contribution in [0.4, 0.5) is 17.3 Å². The smallest absolute Gasteiger partial charge is 0.489 e. The Bertz CT molecular complexity index is 2090. The van der Waals surface area contributed by atoms with Gasteiger partial charge < -0.3 is 49.5 Å². The van der Waals surface area contributed by atoms with E-state index in [-0.39, 0.29) is 25.4 Å². The van der Waals surface area contributed by atoms with Crippen LogP contribution in [-0.4, -0.2) is 85.7 Å². The van der Waals surface area contributed by atoms with E-state index in [0.29, 0.717) is 39.9 Å². The first-order valence-electron chi connectivity index (χ1n) is 13.9. The highest BCUT2D eigenvalue weighted by atomic mass is 31.3. The number of phosphoric ester groups is 1. The number of para-hydroxylation sites is 1. The maximum Gasteiger partial charge on any atom is 0.490 e. The van der Waals surface area contributed by atoms with E-state index in [1.807, 2.05) is 0 Å². The quantitative estimate of drug-likeness (QED) is 0.0658. The first-order chi connectivity index (χ1) is 23.1. The fourth-order valence-electron chi connectivity index (χ4n) is 4.79. The van der Waals surface area contributed by atoms with Crippen molar-refractivity contribution >= 4 is 52.0 Å². The van der Waals surface area contributed by atoms with Gasteiger partial charge in [-0.05, 0) is 12.1 Å². The molecule has 264 valence electrons. The highest BCUT2D eigenvalue weighted by Gasteiger charge is 2.43. The van der Waals surface area contributed by atoms with Gasteiger partial charge in [0.2, 0.25) is 0 Å². The number of anilines is 3. The average molecular weight is 748 g/mol. The molecule has 4 aromatic rings. The molecule has 1 fully saturated rings. The Balaban J connectivity index is 1.05. The molecule has 5 atom stereocenters. The van der Waals surface area contributed by atoms with Crippen molar-refractivity contribution in [2.75, 3.05) is 30.4 Å². The summed E-state index contributed by atoms with van der Waals surface area (Å²) in [6.07, 6.45) is 0.727. The summed E-state index contributed by atoms with van der Waals surface area (Å²) in [5, 5.41) is 16.7. The lowest BCUT2D eigenvalue weighted by atomic mass is 10.2. The summed E-state index contributed by atoms with van der Waals surface area (Å²) in [6, 6.07) is 5.21. The number of benzene rings is 1. The molecule has 2 unspecified atom stereocenters. The van der Waals surface area contributed by atoms with E-state index in [0.717, 1.165) is 0 Å². The lowest BCUT2D eigenvalue weighted by Gasteiger charge is -2.23. The lowest BCUT2D eigenvalue weighted by molar-refractivity contribution is -0.0423. The number of aliphatic hydroxyl groups excluding tert-OH is 1. The van der Waals surface area contributed by atoms with Crippen LogP contribution in [0, 0.1) is 0 Å². The van der Waals surface area contributed by atoms with E-state index < -0.39 is 54.2 Å². The number of aromatic nitrogens is 6. The van der Waals surface area contributed by atoms with Crippen molar-refractivity contribution < 1.29 is 65.7 Å². The van der Waals surface area contributed by atoms with E-state index >= 15 is 0 Å². The summed E-state index contributed by atoms with van der Waals surface area (Å²) < 4.78 is 66.7. The first-order valence-corrected chi connectivity index (χ1v) is 18.4. The molecule has 2 aliphatic rings. The average Bonchev–Trinajstić information content (AvgIpc) is 3.60. The number of nitrogens with one attached hydrogen (secondary N) is 2. The summed E-state index contributed by atoms with van der Waals surface area (Å²) in [6.45, 7) is -0.403. The molecule has 7 N–H and O–H groups in total. The summed E-state index contributed by atoms with van der Waals surface area (Å²) in [4.78, 5) is 65.1. The molecular formula is C23H27N8O15P3. The van der Waals surface area contributed by atoms with Gasteiger partial charge in [-0.2, -0.15) is 13.6 Å². The Labute approximate surface area is 273 Å². The topological polar surface area (TPSA) is 310 Å². The zero-order valence-corrected chi connectivity index (χ0v) is 27.6. The third-order valence-electron chi connectivity index (χ3n) is 6.85. The highest BCUT2D eigenvalue weighted by molar-refractivity contribution is 7.66. The van der Waals surface area contributed by atoms with Crippen molar-refractivity contribution in [2.45, 2.75) is 24.9 Å². The fraction of sp³-hybridized carbons (Fsp3) is 0.348. The highest BCUT2D eigenvalue weighted by Crippen LogP contribution is 2.66. The molecule has 0 spiro atoms. The number of ether oxygens (including phenoxy) is 3. The van der Waals surface area contributed by atoms with Crippen molar-refractivity contribution in [2.24, 2.45) is 7.05 Å². The molecule has 49 heavy (non-hydrogen) atoms. The second kappa shape index (κ2) is 13.5. The number of imidazole rings is 1. The van der Waals surface area contributed by atoms with Gasteiger partial charge >= 0.3 is 29.2 Å². The van der Waals surface area contributed by atoms with Crippen molar-refractivity contribution in [3.63, 3.8) is 0 Å². The van der Waals surface area contributed by atoms with Crippen molar-refractivity contribution in [3.8, 4) is 17.2 Å². The van der Waals surface area contributed by atoms with Gasteiger partial charge in [-0.1, -0.05) is 6.07 Å². The van der Waals surface area contributed by atoms with Crippen molar-refractivity contribution in [3.05, 3.63) is 47.5 Å². The molecule has 2 aliphatic heterocycles. The molecule has 0 saturated carbocycles. The summed E-state index contributed by atoms with van der Waals surface area (Å²) >= 11 is 0. The maximum atomic E-state index is 12.1. The minimum atomic E-state index is -5.71. The van der Waals surface area contributed by atoms with Crippen LogP contribution in [-0.2, 0) is 38.6 Å². The maximum absolute atomic E-state index is 12.1. The molecular weight excluding hydrogens is 721 g/mol. The monoisotopic (exact) mass is 748 g/mol. The standard InChI is InChI=1S/C23H27N8O15P3/c1-30-8-15-20(29-23(30)33)28-18-13(3-2-4-14(18)43-15)41-6-5-24-21-19-22(26-10-25-21)31(11-27-19)17-7-12(32)16(44-17)9-42-48(37,38)46-49(39,40)45-47(34,35)36/h2-4,8,10-12,16-17,32H,5-7,9H2,1H3,(H,37,38)(H,39,40)(H,24,25,26)(H,28,29,33)(H2,34,35,36)/t12-,16+,17+/m0/s1. The van der Waals surface area contributed by atoms with Gasteiger partial charge in [-0.25, -0.2) is 33.4 Å². The van der Waals surface area contributed by atoms with Gasteiger partial charge in [0.1, 0.15) is 36.7 Å². The molecule has 1 aromatic carbocycles. The Hall–Kier alpha value is -3.82. The number of fused-ring (bicyclic) bond motifs is 3. The second-order valence-electron chi connectivity index (χ2n) is 10.3. The lowest BCUT2D eigenvalue weighted by Crippen LogP contribution is -2.26. The first kappa shape index (κ1) is 35.0. The predicted octanol–water partition coefficient (Wildman–Crippen LogP) is 1.25. The number of rotatable bonds is 13. The molecule has 0 bridgehead atoms. The molecule has 1 saturated heterocycles. The largest absolute Gasteiger partial charge is 0.490 e. The number of aryl methyl sites for hydroxylation is 1. The minimum Gasteiger partial charge on any atom is -0.489 e. The summed E-state index contributed by atoms with van der Waals surface area (Å²) in [7, 11) is -15.1. The minimum absolute atomic E-state index is 0.0514. The zero-order chi connectivity index (χ0) is 35.1. The Morgan fingerprint density at radius 2 is 1.88 bits per heavy atom. The molecule has 0 aliphatic carbocycles. The van der Waals surface area contributed by atoms with E-state index in [1.165, 1.54) is 28.0 Å². The van der Waals surface area contributed by atoms with Crippen molar-refractivity contribution in [1.29, 1.82) is 0 Å². The number of aliphatic hydroxyl groups is 1. The molecule has 3 aromatic heterocycles. The number of phosphoric acid groups is 3. The van der Waals surface area contributed by atoms with Gasteiger partial charge in [0.15, 0.2) is 34.3 Å². The second-order valence-corrected chi connectivity index (χ2v) is 14.8. The fourth-order valence-corrected chi connectivity index (χ4v) is 7.82. The van der Waals surface area contributed by atoms with Gasteiger partial charge in [0, 0.05) is 13.5 Å². The van der Waals surface area contributed by atoms with Gasteiger partial charge in [0.25, 0.3) is 0 Å². The van der Waals surface area contributed by atoms with Gasteiger partial charge in [-0.15, -0.1) is 0 Å². The SMILES string of the molecule is Cn1cc2c(nc1=O)Nc1c(OCCNc3ncnc4c3ncn4[C@H]3C[C@H](O)[C@@H](COP(=O)(O)OP(=O)(O)OP(=O)(O)O)O3)cccc1O2. The van der Waals surface area contributed by atoms with Crippen LogP contribution in [0.2, 0.25) is 0 Å². The predicted molar refractivity (Wildman–Crippen MR) is 163 cm³/mol. The summed E-state index contributed by atoms with van der Waals surface area (Å²) in [5.74, 6) is 1.92. The van der Waals surface area contributed by atoms with E-state index in [4.69, 9.17) is 24.0 Å². The van der Waals surface area contributed by atoms with E-state index in [1.54, 1.807) is 25.2 Å². The van der Waals surface area contributed by atoms with E-state index in [9.17, 15) is 33.4 Å². The molecule has 23 nitrogen and oxygen atoms in total. The van der Waals surface area contributed by atoms with Gasteiger partial charge in [-0.3, -0.25) is 13.7 Å². The third-order valence-corrected chi connectivity index (χ3v) is 10.7. The number of hydrogen-bond donors (Lipinski definition) is 7. The van der Waals surface area contributed by atoms with Crippen LogP contribution in [0.1, 0.15) is 12.6 Å². The normalized spacial score (nSPS) is 21.1. The van der Waals surface area contributed by atoms with Crippen LogP contribution < -0.4 is 25.8 Å². The van der Waals surface area contributed by atoms with Crippen molar-refractivity contribution in [1.82, 2.24) is 29.1 Å². The van der Waals surface area contributed by atoms with E-state index in [2.05, 4.69) is 43.7 Å². The van der Waals surface area contributed by atoms with Crippen LogP contribution in [0.25, 0.3) is 11.2 Å². The molecule has 6 rings (SSSR count). The molecule has 0 amide bonds. The Morgan fingerprint density at radius 3 is 2.65 bits per heavy atom. The van der Waals surface area contributed by atoms with Gasteiger partial charge in [0.05, 0.1) is 31.8 Å². The summed E-state index contributed by atoms with van der Waals surface area (Å²) in [5.41, 5.74) is 0.688. The number of hydrogen-bond acceptors (Lipinski definition) is 17. The zero-order valence-electron chi connectivity index (χ0n) is 24.9. The third kappa shape index (κ3) is 8.15. The number of nitrogens with zero attached hydrogens (tertiary/aromatic N) is 6. The van der Waals surface area contributed by atoms with Crippen LogP contribution >= 0.6 is 23.5 Å². The molecule has 0 radical (unpaired) electrons. The van der Waals surface area contributed by atoms with Crippen LogP contribution in [0.15, 0.2) is 41.8 Å². The van der Waals surface area contributed by atoms with Crippen LogP contribution in [0.3, 0.4) is 0 Å². The Morgan fingerprint density at radius 1 is 1.08 bits per heavy atom. The van der Waals surface area contributed by atoms with Crippen LogP contribution in [0.5, 0.6) is 17.2 Å². The molecule has 5 heterocycles. The molecule has 26 heteroatoms. The Kier molecular flexibility index (Phi) is 9.63.